The summed E-state index contributed by atoms with van der Waals surface area (Å²) in [5.41, 5.74) is 3.06. The van der Waals surface area contributed by atoms with Crippen LogP contribution in [0.4, 0.5) is 0 Å². The Labute approximate surface area is 138 Å². The number of allylic oxidation sites excluding steroid dienone is 1. The highest BCUT2D eigenvalue weighted by Gasteiger charge is 2.61. The predicted molar refractivity (Wildman–Crippen MR) is 89.8 cm³/mol. The summed E-state index contributed by atoms with van der Waals surface area (Å²) in [6, 6.07) is 6.14. The van der Waals surface area contributed by atoms with E-state index in [1.807, 2.05) is 6.07 Å². The van der Waals surface area contributed by atoms with E-state index < -0.39 is 0 Å². The zero-order valence-corrected chi connectivity index (χ0v) is 14.3. The molecule has 124 valence electrons. The van der Waals surface area contributed by atoms with E-state index >= 15 is 0 Å². The molecule has 5 atom stereocenters. The molecule has 3 fully saturated rings. The summed E-state index contributed by atoms with van der Waals surface area (Å²) in [7, 11) is 3.40. The Bertz CT molecular complexity index is 616. The molecule has 0 amide bonds. The van der Waals surface area contributed by atoms with Crippen LogP contribution >= 0.6 is 0 Å². The highest BCUT2D eigenvalue weighted by molar-refractivity contribution is 5.41. The zero-order chi connectivity index (χ0) is 16.2. The first-order chi connectivity index (χ1) is 11.1. The van der Waals surface area contributed by atoms with Gasteiger partial charge in [0.2, 0.25) is 0 Å². The molecule has 1 spiro atoms. The normalized spacial score (nSPS) is 38.5. The molecule has 1 saturated heterocycles. The van der Waals surface area contributed by atoms with Crippen molar-refractivity contribution >= 4 is 0 Å². The molecule has 1 heterocycles. The van der Waals surface area contributed by atoms with Crippen LogP contribution in [0.1, 0.15) is 37.9 Å². The predicted octanol–water partition coefficient (Wildman–Crippen LogP) is 4.38. The average molecular weight is 314 g/mol. The van der Waals surface area contributed by atoms with Crippen LogP contribution in [0, 0.1) is 23.2 Å². The number of fused-ring (bicyclic) bond motifs is 1. The lowest BCUT2D eigenvalue weighted by atomic mass is 9.62. The molecule has 23 heavy (non-hydrogen) atoms. The summed E-state index contributed by atoms with van der Waals surface area (Å²) in [5.74, 6) is 3.56. The van der Waals surface area contributed by atoms with Crippen LogP contribution in [0.5, 0.6) is 11.5 Å². The van der Waals surface area contributed by atoms with Crippen LogP contribution < -0.4 is 9.47 Å². The highest BCUT2D eigenvalue weighted by Crippen LogP contribution is 2.69. The van der Waals surface area contributed by atoms with Gasteiger partial charge >= 0.3 is 0 Å². The number of benzene rings is 1. The van der Waals surface area contributed by atoms with Crippen LogP contribution in [0.15, 0.2) is 30.4 Å². The van der Waals surface area contributed by atoms with Gasteiger partial charge in [-0.25, -0.2) is 0 Å². The van der Waals surface area contributed by atoms with Crippen molar-refractivity contribution in [3.63, 3.8) is 0 Å². The molecular formula is C20H26O3. The molecule has 1 aliphatic heterocycles. The molecule has 0 aromatic heterocycles. The van der Waals surface area contributed by atoms with Gasteiger partial charge in [0, 0.05) is 12.7 Å². The molecule has 3 nitrogen and oxygen atoms in total. The summed E-state index contributed by atoms with van der Waals surface area (Å²) >= 11 is 0. The van der Waals surface area contributed by atoms with Crippen LogP contribution in [0.25, 0.3) is 0 Å². The fourth-order valence-electron chi connectivity index (χ4n) is 5.48. The summed E-state index contributed by atoms with van der Waals surface area (Å²) < 4.78 is 17.2. The minimum absolute atomic E-state index is 0.147. The maximum atomic E-state index is 6.27. The smallest absolute Gasteiger partial charge is 0.122 e. The number of methoxy groups -OCH3 is 2. The monoisotopic (exact) mass is 314 g/mol. The Hall–Kier alpha value is -1.48. The number of hydrogen-bond donors (Lipinski definition) is 0. The first-order valence-corrected chi connectivity index (χ1v) is 8.62. The molecule has 4 rings (SSSR count). The molecule has 1 aromatic rings. The summed E-state index contributed by atoms with van der Waals surface area (Å²) in [5, 5.41) is 0. The Morgan fingerprint density at radius 1 is 1.17 bits per heavy atom. The Kier molecular flexibility index (Phi) is 3.45. The summed E-state index contributed by atoms with van der Waals surface area (Å²) in [6.07, 6.45) is 3.84. The molecule has 3 heteroatoms. The SMILES string of the molecule is C=C1[C@@H]2C[C@@H]3[C@@H](c4cc(OC)cc(OC)c4)OCC[C@]3(C2)[C@@H]1C. The van der Waals surface area contributed by atoms with Crippen LogP contribution in [0.3, 0.4) is 0 Å². The van der Waals surface area contributed by atoms with E-state index in [1.165, 1.54) is 30.4 Å². The number of ether oxygens (including phenoxy) is 3. The second-order valence-corrected chi connectivity index (χ2v) is 7.46. The number of rotatable bonds is 3. The quantitative estimate of drug-likeness (QED) is 0.775. The molecule has 3 aliphatic rings. The van der Waals surface area contributed by atoms with E-state index in [9.17, 15) is 0 Å². The van der Waals surface area contributed by atoms with Crippen LogP contribution in [-0.4, -0.2) is 20.8 Å². The first kappa shape index (κ1) is 15.1. The zero-order valence-electron chi connectivity index (χ0n) is 14.3. The van der Waals surface area contributed by atoms with E-state index in [0.717, 1.165) is 18.1 Å². The van der Waals surface area contributed by atoms with Gasteiger partial charge < -0.3 is 14.2 Å². The molecule has 0 radical (unpaired) electrons. The molecule has 2 bridgehead atoms. The number of hydrogen-bond acceptors (Lipinski definition) is 3. The van der Waals surface area contributed by atoms with Crippen molar-refractivity contribution in [1.82, 2.24) is 0 Å². The molecule has 2 saturated carbocycles. The third-order valence-electron chi connectivity index (χ3n) is 6.78. The Morgan fingerprint density at radius 3 is 2.48 bits per heavy atom. The van der Waals surface area contributed by atoms with Gasteiger partial charge in [0.25, 0.3) is 0 Å². The minimum Gasteiger partial charge on any atom is -0.497 e. The second kappa shape index (κ2) is 5.27. The molecular weight excluding hydrogens is 288 g/mol. The maximum Gasteiger partial charge on any atom is 0.122 e. The molecule has 1 aromatic carbocycles. The lowest BCUT2D eigenvalue weighted by Crippen LogP contribution is -2.42. The van der Waals surface area contributed by atoms with E-state index in [-0.39, 0.29) is 6.10 Å². The van der Waals surface area contributed by atoms with Crippen molar-refractivity contribution < 1.29 is 14.2 Å². The Morgan fingerprint density at radius 2 is 1.87 bits per heavy atom. The van der Waals surface area contributed by atoms with Gasteiger partial charge in [-0.1, -0.05) is 19.1 Å². The van der Waals surface area contributed by atoms with E-state index in [0.29, 0.717) is 23.2 Å². The first-order valence-electron chi connectivity index (χ1n) is 8.62. The fraction of sp³-hybridized carbons (Fsp3) is 0.600. The highest BCUT2D eigenvalue weighted by atomic mass is 16.5. The van der Waals surface area contributed by atoms with Crippen LogP contribution in [0.2, 0.25) is 0 Å². The fourth-order valence-corrected chi connectivity index (χ4v) is 5.48. The van der Waals surface area contributed by atoms with Gasteiger partial charge in [-0.2, -0.15) is 0 Å². The molecule has 0 N–H and O–H groups in total. The Balaban J connectivity index is 1.72. The van der Waals surface area contributed by atoms with Gasteiger partial charge in [-0.05, 0) is 60.1 Å². The van der Waals surface area contributed by atoms with Crippen molar-refractivity contribution in [2.45, 2.75) is 32.3 Å². The summed E-state index contributed by atoms with van der Waals surface area (Å²) in [4.78, 5) is 0. The second-order valence-electron chi connectivity index (χ2n) is 7.46. The van der Waals surface area contributed by atoms with Gasteiger partial charge in [-0.3, -0.25) is 0 Å². The minimum atomic E-state index is 0.147. The summed E-state index contributed by atoms with van der Waals surface area (Å²) in [6.45, 7) is 7.59. The lowest BCUT2D eigenvalue weighted by molar-refractivity contribution is -0.106. The third kappa shape index (κ3) is 2.06. The van der Waals surface area contributed by atoms with E-state index in [4.69, 9.17) is 14.2 Å². The third-order valence-corrected chi connectivity index (χ3v) is 6.78. The van der Waals surface area contributed by atoms with Crippen molar-refractivity contribution in [3.05, 3.63) is 35.9 Å². The average Bonchev–Trinajstić information content (AvgIpc) is 3.09. The molecule has 0 unspecified atom stereocenters. The van der Waals surface area contributed by atoms with E-state index in [2.05, 4.69) is 25.6 Å². The lowest BCUT2D eigenvalue weighted by Gasteiger charge is -2.48. The van der Waals surface area contributed by atoms with Gasteiger partial charge in [0.1, 0.15) is 11.5 Å². The van der Waals surface area contributed by atoms with E-state index in [1.54, 1.807) is 14.2 Å². The maximum absolute atomic E-state index is 6.27. The van der Waals surface area contributed by atoms with Crippen molar-refractivity contribution in [1.29, 1.82) is 0 Å². The topological polar surface area (TPSA) is 27.7 Å². The van der Waals surface area contributed by atoms with Crippen molar-refractivity contribution in [2.75, 3.05) is 20.8 Å². The standard InChI is InChI=1S/C20H26O3/c1-12-13(2)20-5-6-23-19(18(20)9-15(12)11-20)14-7-16(21-3)10-17(8-14)22-4/h7-8,10,13,15,18-19H,1,5-6,9,11H2,2-4H3/t13-,15-,18-,19-,20+/m1/s1. The van der Waals surface area contributed by atoms with Gasteiger partial charge in [0.15, 0.2) is 0 Å². The largest absolute Gasteiger partial charge is 0.497 e. The van der Waals surface area contributed by atoms with Crippen molar-refractivity contribution in [2.24, 2.45) is 23.2 Å². The van der Waals surface area contributed by atoms with Gasteiger partial charge in [0.05, 0.1) is 20.3 Å². The van der Waals surface area contributed by atoms with Crippen LogP contribution in [-0.2, 0) is 4.74 Å². The molecule has 2 aliphatic carbocycles. The van der Waals surface area contributed by atoms with Gasteiger partial charge in [-0.15, -0.1) is 0 Å². The van der Waals surface area contributed by atoms with Crippen molar-refractivity contribution in [3.8, 4) is 11.5 Å².